The van der Waals surface area contributed by atoms with Crippen LogP contribution in [-0.4, -0.2) is 36.1 Å². The average Bonchev–Trinajstić information content (AvgIpc) is 2.03. The molecule has 78 valence electrons. The molecule has 0 aromatic heterocycles. The third kappa shape index (κ3) is 2.44. The van der Waals surface area contributed by atoms with Gasteiger partial charge >= 0.3 is 0 Å². The normalized spacial score (nSPS) is 28.2. The van der Waals surface area contributed by atoms with Crippen molar-refractivity contribution in [2.75, 3.05) is 19.6 Å². The van der Waals surface area contributed by atoms with Gasteiger partial charge in [-0.25, -0.2) is 0 Å². The molecule has 1 rings (SSSR count). The number of hydrogen-bond donors (Lipinski definition) is 1. The quantitative estimate of drug-likeness (QED) is 0.701. The minimum atomic E-state index is 0.445. The van der Waals surface area contributed by atoms with E-state index in [9.17, 15) is 0 Å². The van der Waals surface area contributed by atoms with Gasteiger partial charge in [-0.05, 0) is 39.8 Å². The second kappa shape index (κ2) is 4.43. The standard InChI is InChI=1S/C11H24N2/c1-5-11(7-8-12-11)9-13(6-2)10(3)4/h10,12H,5-9H2,1-4H3. The van der Waals surface area contributed by atoms with Crippen molar-refractivity contribution in [2.24, 2.45) is 0 Å². The van der Waals surface area contributed by atoms with E-state index < -0.39 is 0 Å². The molecular formula is C11H24N2. The van der Waals surface area contributed by atoms with Gasteiger partial charge in [0.05, 0.1) is 0 Å². The van der Waals surface area contributed by atoms with Crippen LogP contribution < -0.4 is 5.32 Å². The Morgan fingerprint density at radius 2 is 2.00 bits per heavy atom. The highest BCUT2D eigenvalue weighted by atomic mass is 15.2. The molecule has 0 aromatic rings. The smallest absolute Gasteiger partial charge is 0.0318 e. The molecule has 2 nitrogen and oxygen atoms in total. The van der Waals surface area contributed by atoms with Gasteiger partial charge in [-0.3, -0.25) is 4.90 Å². The van der Waals surface area contributed by atoms with Gasteiger partial charge in [0.1, 0.15) is 0 Å². The molecule has 1 saturated heterocycles. The Morgan fingerprint density at radius 1 is 1.38 bits per heavy atom. The van der Waals surface area contributed by atoms with E-state index >= 15 is 0 Å². The first-order valence-electron chi connectivity index (χ1n) is 5.62. The fraction of sp³-hybridized carbons (Fsp3) is 1.00. The Kier molecular flexibility index (Phi) is 3.74. The maximum absolute atomic E-state index is 3.59. The van der Waals surface area contributed by atoms with Gasteiger partial charge in [0.25, 0.3) is 0 Å². The number of rotatable bonds is 5. The highest BCUT2D eigenvalue weighted by molar-refractivity contribution is 4.98. The first kappa shape index (κ1) is 11.0. The highest BCUT2D eigenvalue weighted by Crippen LogP contribution is 2.24. The van der Waals surface area contributed by atoms with E-state index in [0.29, 0.717) is 11.6 Å². The summed E-state index contributed by atoms with van der Waals surface area (Å²) >= 11 is 0. The molecule has 1 atom stereocenters. The largest absolute Gasteiger partial charge is 0.310 e. The number of nitrogens with zero attached hydrogens (tertiary/aromatic N) is 1. The summed E-state index contributed by atoms with van der Waals surface area (Å²) in [6.45, 7) is 12.7. The van der Waals surface area contributed by atoms with Gasteiger partial charge in [-0.2, -0.15) is 0 Å². The molecule has 1 heterocycles. The fourth-order valence-corrected chi connectivity index (χ4v) is 2.08. The molecule has 2 heteroatoms. The zero-order chi connectivity index (χ0) is 9.90. The van der Waals surface area contributed by atoms with Crippen molar-refractivity contribution in [2.45, 2.75) is 52.1 Å². The molecule has 0 radical (unpaired) electrons. The van der Waals surface area contributed by atoms with E-state index in [1.54, 1.807) is 0 Å². The molecule has 0 bridgehead atoms. The monoisotopic (exact) mass is 184 g/mol. The average molecular weight is 184 g/mol. The predicted octanol–water partition coefficient (Wildman–Crippen LogP) is 1.86. The van der Waals surface area contributed by atoms with Crippen molar-refractivity contribution in [3.8, 4) is 0 Å². The summed E-state index contributed by atoms with van der Waals surface area (Å²) in [5, 5.41) is 3.59. The highest BCUT2D eigenvalue weighted by Gasteiger charge is 2.36. The van der Waals surface area contributed by atoms with E-state index in [4.69, 9.17) is 0 Å². The van der Waals surface area contributed by atoms with Gasteiger partial charge in [0.2, 0.25) is 0 Å². The van der Waals surface area contributed by atoms with Gasteiger partial charge in [0, 0.05) is 18.1 Å². The van der Waals surface area contributed by atoms with Crippen LogP contribution in [0.5, 0.6) is 0 Å². The van der Waals surface area contributed by atoms with E-state index in [1.165, 1.54) is 32.5 Å². The molecule has 0 aromatic carbocycles. The molecule has 1 N–H and O–H groups in total. The summed E-state index contributed by atoms with van der Waals surface area (Å²) in [7, 11) is 0. The second-order valence-electron chi connectivity index (χ2n) is 4.47. The molecule has 0 aliphatic carbocycles. The number of hydrogen-bond acceptors (Lipinski definition) is 2. The molecular weight excluding hydrogens is 160 g/mol. The summed E-state index contributed by atoms with van der Waals surface area (Å²) in [6.07, 6.45) is 2.61. The van der Waals surface area contributed by atoms with Gasteiger partial charge in [-0.1, -0.05) is 13.8 Å². The minimum Gasteiger partial charge on any atom is -0.310 e. The molecule has 0 amide bonds. The summed E-state index contributed by atoms with van der Waals surface area (Å²) in [5.74, 6) is 0. The molecule has 1 fully saturated rings. The van der Waals surface area contributed by atoms with Crippen LogP contribution >= 0.6 is 0 Å². The van der Waals surface area contributed by atoms with Gasteiger partial charge < -0.3 is 5.32 Å². The lowest BCUT2D eigenvalue weighted by molar-refractivity contribution is 0.101. The van der Waals surface area contributed by atoms with Crippen LogP contribution in [0.3, 0.4) is 0 Å². The SMILES string of the molecule is CCN(CC1(CC)CCN1)C(C)C. The third-order valence-electron chi connectivity index (χ3n) is 3.42. The van der Waals surface area contributed by atoms with Crippen LogP contribution in [0.15, 0.2) is 0 Å². The topological polar surface area (TPSA) is 15.3 Å². The second-order valence-corrected chi connectivity index (χ2v) is 4.47. The Balaban J connectivity index is 2.44. The molecule has 1 aliphatic rings. The first-order valence-corrected chi connectivity index (χ1v) is 5.62. The van der Waals surface area contributed by atoms with Crippen LogP contribution in [0.1, 0.15) is 40.5 Å². The zero-order valence-corrected chi connectivity index (χ0v) is 9.56. The molecule has 0 spiro atoms. The van der Waals surface area contributed by atoms with E-state index in [0.717, 1.165) is 0 Å². The molecule has 0 saturated carbocycles. The van der Waals surface area contributed by atoms with Crippen LogP contribution in [0, 0.1) is 0 Å². The summed E-state index contributed by atoms with van der Waals surface area (Å²) in [4.78, 5) is 2.55. The number of likely N-dealkylation sites (N-methyl/N-ethyl adjacent to an activating group) is 1. The zero-order valence-electron chi connectivity index (χ0n) is 9.56. The van der Waals surface area contributed by atoms with Crippen molar-refractivity contribution in [1.82, 2.24) is 10.2 Å². The molecule has 1 aliphatic heterocycles. The third-order valence-corrected chi connectivity index (χ3v) is 3.42. The fourth-order valence-electron chi connectivity index (χ4n) is 2.08. The lowest BCUT2D eigenvalue weighted by atomic mass is 9.84. The maximum atomic E-state index is 3.59. The summed E-state index contributed by atoms with van der Waals surface area (Å²) in [5.41, 5.74) is 0.445. The van der Waals surface area contributed by atoms with Crippen LogP contribution in [-0.2, 0) is 0 Å². The number of nitrogens with one attached hydrogen (secondary N) is 1. The van der Waals surface area contributed by atoms with Crippen molar-refractivity contribution in [3.05, 3.63) is 0 Å². The Morgan fingerprint density at radius 3 is 2.23 bits per heavy atom. The van der Waals surface area contributed by atoms with Crippen molar-refractivity contribution in [3.63, 3.8) is 0 Å². The lowest BCUT2D eigenvalue weighted by Crippen LogP contribution is -2.63. The van der Waals surface area contributed by atoms with E-state index in [1.807, 2.05) is 0 Å². The maximum Gasteiger partial charge on any atom is 0.0318 e. The first-order chi connectivity index (χ1) is 6.13. The lowest BCUT2D eigenvalue weighted by Gasteiger charge is -2.46. The van der Waals surface area contributed by atoms with Gasteiger partial charge in [-0.15, -0.1) is 0 Å². The summed E-state index contributed by atoms with van der Waals surface area (Å²) < 4.78 is 0. The van der Waals surface area contributed by atoms with Crippen molar-refractivity contribution in [1.29, 1.82) is 0 Å². The van der Waals surface area contributed by atoms with Crippen LogP contribution in [0.2, 0.25) is 0 Å². The van der Waals surface area contributed by atoms with Crippen molar-refractivity contribution < 1.29 is 0 Å². The van der Waals surface area contributed by atoms with Crippen LogP contribution in [0.25, 0.3) is 0 Å². The Bertz CT molecular complexity index is 145. The van der Waals surface area contributed by atoms with Crippen molar-refractivity contribution >= 4 is 0 Å². The van der Waals surface area contributed by atoms with E-state index in [-0.39, 0.29) is 0 Å². The predicted molar refractivity (Wildman–Crippen MR) is 58.0 cm³/mol. The van der Waals surface area contributed by atoms with Gasteiger partial charge in [0.15, 0.2) is 0 Å². The minimum absolute atomic E-state index is 0.445. The van der Waals surface area contributed by atoms with E-state index in [2.05, 4.69) is 37.9 Å². The Hall–Kier alpha value is -0.0800. The summed E-state index contributed by atoms with van der Waals surface area (Å²) in [6, 6.07) is 0.677. The molecule has 13 heavy (non-hydrogen) atoms. The Labute approximate surface area is 82.7 Å². The molecule has 1 unspecified atom stereocenters. The van der Waals surface area contributed by atoms with Crippen LogP contribution in [0.4, 0.5) is 0 Å².